The summed E-state index contributed by atoms with van der Waals surface area (Å²) in [7, 11) is 0. The minimum atomic E-state index is -2.31. The lowest BCUT2D eigenvalue weighted by Crippen LogP contribution is -2.11. The van der Waals surface area contributed by atoms with E-state index in [-0.39, 0.29) is 0 Å². The molecule has 0 aromatic heterocycles. The van der Waals surface area contributed by atoms with Crippen molar-refractivity contribution in [3.8, 4) is 0 Å². The highest BCUT2D eigenvalue weighted by atomic mass is 32.4. The van der Waals surface area contributed by atoms with E-state index in [1.807, 2.05) is 36.4 Å². The summed E-state index contributed by atoms with van der Waals surface area (Å²) in [6.07, 6.45) is 0. The SMILES string of the molecule is NP(N)(N)=S.c1ccccc1. The topological polar surface area (TPSA) is 78.1 Å². The van der Waals surface area contributed by atoms with Crippen LogP contribution in [0.1, 0.15) is 0 Å². The van der Waals surface area contributed by atoms with Crippen LogP contribution in [0.4, 0.5) is 0 Å². The zero-order chi connectivity index (χ0) is 8.74. The molecule has 6 N–H and O–H groups in total. The molecule has 0 saturated heterocycles. The fourth-order valence-corrected chi connectivity index (χ4v) is 0.385. The zero-order valence-corrected chi connectivity index (χ0v) is 7.76. The standard InChI is InChI=1S/C6H6.H6N3PS/c1-2-4-6-5-3-1;1-4(2,3)5/h1-6H;(H6,1,2,3,5). The van der Waals surface area contributed by atoms with Gasteiger partial charge in [-0.15, -0.1) is 0 Å². The van der Waals surface area contributed by atoms with Gasteiger partial charge in [0.25, 0.3) is 0 Å². The van der Waals surface area contributed by atoms with E-state index >= 15 is 0 Å². The van der Waals surface area contributed by atoms with Gasteiger partial charge in [-0.2, -0.15) is 0 Å². The molecule has 0 radical (unpaired) electrons. The van der Waals surface area contributed by atoms with Gasteiger partial charge in [-0.25, -0.2) is 0 Å². The zero-order valence-electron chi connectivity index (χ0n) is 6.05. The summed E-state index contributed by atoms with van der Waals surface area (Å²) in [6, 6.07) is 12.0. The third kappa shape index (κ3) is 17.7. The van der Waals surface area contributed by atoms with Gasteiger partial charge in [0.05, 0.1) is 0 Å². The maximum absolute atomic E-state index is 4.84. The molecular formula is C6H12N3PS. The van der Waals surface area contributed by atoms with Crippen LogP contribution in [0.25, 0.3) is 0 Å². The highest BCUT2D eigenvalue weighted by Crippen LogP contribution is 2.07. The van der Waals surface area contributed by atoms with Gasteiger partial charge in [0.2, 0.25) is 0 Å². The van der Waals surface area contributed by atoms with Gasteiger partial charge < -0.3 is 0 Å². The average Bonchev–Trinajstić information content (AvgIpc) is 1.88. The number of hydrogen-bond acceptors (Lipinski definition) is 1. The van der Waals surface area contributed by atoms with Crippen molar-refractivity contribution >= 4 is 18.3 Å². The van der Waals surface area contributed by atoms with Gasteiger partial charge in [0.15, 0.2) is 0 Å². The minimum Gasteiger partial charge on any atom is -0.280 e. The monoisotopic (exact) mass is 189 g/mol. The Bertz CT molecular complexity index is 186. The second-order valence-corrected chi connectivity index (χ2v) is 5.34. The summed E-state index contributed by atoms with van der Waals surface area (Å²) >= 11 is 4.27. The first kappa shape index (κ1) is 10.8. The molecule has 3 nitrogen and oxygen atoms in total. The summed E-state index contributed by atoms with van der Waals surface area (Å²) < 4.78 is 0. The molecular weight excluding hydrogens is 177 g/mol. The Morgan fingerprint density at radius 3 is 0.909 bits per heavy atom. The number of rotatable bonds is 0. The van der Waals surface area contributed by atoms with Crippen molar-refractivity contribution in [2.24, 2.45) is 16.5 Å². The Morgan fingerprint density at radius 1 is 0.727 bits per heavy atom. The summed E-state index contributed by atoms with van der Waals surface area (Å²) in [5.74, 6) is 0. The first-order chi connectivity index (χ1) is 5.00. The molecule has 0 spiro atoms. The molecule has 62 valence electrons. The highest BCUT2D eigenvalue weighted by Gasteiger charge is 1.82. The third-order valence-electron chi connectivity index (χ3n) is 0.667. The van der Waals surface area contributed by atoms with Crippen LogP contribution in [0.2, 0.25) is 0 Å². The van der Waals surface area contributed by atoms with Crippen molar-refractivity contribution in [3.63, 3.8) is 0 Å². The molecule has 1 aromatic carbocycles. The fourth-order valence-electron chi connectivity index (χ4n) is 0.385. The lowest BCUT2D eigenvalue weighted by Gasteiger charge is -1.94. The van der Waals surface area contributed by atoms with Gasteiger partial charge in [-0.05, 0) is 11.8 Å². The molecule has 11 heavy (non-hydrogen) atoms. The summed E-state index contributed by atoms with van der Waals surface area (Å²) in [5.41, 5.74) is 14.5. The molecule has 0 aliphatic heterocycles. The van der Waals surface area contributed by atoms with Crippen LogP contribution in [0.15, 0.2) is 36.4 Å². The van der Waals surface area contributed by atoms with Crippen molar-refractivity contribution in [2.75, 3.05) is 0 Å². The predicted molar refractivity (Wildman–Crippen MR) is 53.3 cm³/mol. The largest absolute Gasteiger partial charge is 0.280 e. The van der Waals surface area contributed by atoms with Crippen molar-refractivity contribution in [1.82, 2.24) is 0 Å². The number of nitrogens with two attached hydrogens (primary N) is 3. The lowest BCUT2D eigenvalue weighted by molar-refractivity contribution is 1.68. The normalized spacial score (nSPS) is 9.73. The average molecular weight is 189 g/mol. The van der Waals surface area contributed by atoms with E-state index in [1.165, 1.54) is 0 Å². The smallest absolute Gasteiger partial charge is 0.129 e. The van der Waals surface area contributed by atoms with E-state index in [2.05, 4.69) is 11.8 Å². The van der Waals surface area contributed by atoms with E-state index in [0.29, 0.717) is 0 Å². The van der Waals surface area contributed by atoms with Crippen molar-refractivity contribution in [3.05, 3.63) is 36.4 Å². The van der Waals surface area contributed by atoms with Gasteiger partial charge in [-0.3, -0.25) is 16.5 Å². The Morgan fingerprint density at radius 2 is 0.818 bits per heavy atom. The number of hydrogen-bond donors (Lipinski definition) is 3. The molecule has 0 aliphatic rings. The molecule has 0 bridgehead atoms. The van der Waals surface area contributed by atoms with Crippen LogP contribution >= 0.6 is 6.49 Å². The molecule has 1 rings (SSSR count). The predicted octanol–water partition coefficient (Wildman–Crippen LogP) is 0.774. The van der Waals surface area contributed by atoms with E-state index in [4.69, 9.17) is 16.5 Å². The van der Waals surface area contributed by atoms with Crippen LogP contribution in [0.5, 0.6) is 0 Å². The molecule has 0 amide bonds. The quantitative estimate of drug-likeness (QED) is 0.527. The van der Waals surface area contributed by atoms with Crippen LogP contribution in [0, 0.1) is 0 Å². The molecule has 0 unspecified atom stereocenters. The summed E-state index contributed by atoms with van der Waals surface area (Å²) in [4.78, 5) is 0. The Balaban J connectivity index is 0.000000187. The van der Waals surface area contributed by atoms with Crippen molar-refractivity contribution < 1.29 is 0 Å². The van der Waals surface area contributed by atoms with Crippen LogP contribution < -0.4 is 16.5 Å². The second-order valence-electron chi connectivity index (χ2n) is 1.92. The summed E-state index contributed by atoms with van der Waals surface area (Å²) in [5, 5.41) is 0. The van der Waals surface area contributed by atoms with E-state index in [1.54, 1.807) is 0 Å². The second kappa shape index (κ2) is 5.41. The Labute approximate surface area is 71.7 Å². The molecule has 1 aromatic rings. The van der Waals surface area contributed by atoms with Gasteiger partial charge in [0.1, 0.15) is 6.49 Å². The lowest BCUT2D eigenvalue weighted by atomic mass is 10.4. The fraction of sp³-hybridized carbons (Fsp3) is 0. The molecule has 5 heteroatoms. The van der Waals surface area contributed by atoms with E-state index in [9.17, 15) is 0 Å². The Hall–Kier alpha value is -0.250. The first-order valence-corrected chi connectivity index (χ1v) is 5.97. The maximum Gasteiger partial charge on any atom is 0.129 e. The molecule has 0 aliphatic carbocycles. The van der Waals surface area contributed by atoms with Crippen molar-refractivity contribution in [1.29, 1.82) is 0 Å². The molecule has 0 atom stereocenters. The van der Waals surface area contributed by atoms with Crippen LogP contribution in [-0.2, 0) is 11.8 Å². The Kier molecular flexibility index (Phi) is 5.28. The number of benzene rings is 1. The molecule has 0 heterocycles. The van der Waals surface area contributed by atoms with E-state index < -0.39 is 6.49 Å². The highest BCUT2D eigenvalue weighted by molar-refractivity contribution is 8.11. The minimum absolute atomic E-state index is 2.00. The first-order valence-electron chi connectivity index (χ1n) is 2.96. The van der Waals surface area contributed by atoms with Crippen LogP contribution in [0.3, 0.4) is 0 Å². The van der Waals surface area contributed by atoms with E-state index in [0.717, 1.165) is 0 Å². The molecule has 0 saturated carbocycles. The molecule has 0 fully saturated rings. The van der Waals surface area contributed by atoms with Gasteiger partial charge in [-0.1, -0.05) is 36.4 Å². The maximum atomic E-state index is 4.84. The third-order valence-corrected chi connectivity index (χ3v) is 0.667. The van der Waals surface area contributed by atoms with Gasteiger partial charge >= 0.3 is 0 Å². The summed E-state index contributed by atoms with van der Waals surface area (Å²) in [6.45, 7) is -2.31. The van der Waals surface area contributed by atoms with Crippen LogP contribution in [-0.4, -0.2) is 0 Å². The van der Waals surface area contributed by atoms with Gasteiger partial charge in [0, 0.05) is 0 Å². The van der Waals surface area contributed by atoms with Crippen molar-refractivity contribution in [2.45, 2.75) is 0 Å².